The fourth-order valence-corrected chi connectivity index (χ4v) is 2.95. The summed E-state index contributed by atoms with van der Waals surface area (Å²) in [5.74, 6) is -0.431. The van der Waals surface area contributed by atoms with Crippen LogP contribution in [0, 0.1) is 0 Å². The predicted octanol–water partition coefficient (Wildman–Crippen LogP) is 3.81. The Labute approximate surface area is 156 Å². The van der Waals surface area contributed by atoms with Gasteiger partial charge in [0.05, 0.1) is 11.9 Å². The number of carbonyl (C=O) groups is 2. The summed E-state index contributed by atoms with van der Waals surface area (Å²) in [5, 5.41) is 3.65. The smallest absolute Gasteiger partial charge is 0.408 e. The van der Waals surface area contributed by atoms with E-state index in [9.17, 15) is 9.59 Å². The molecule has 0 spiro atoms. The largest absolute Gasteiger partial charge is 0.445 e. The van der Waals surface area contributed by atoms with Crippen LogP contribution >= 0.6 is 11.6 Å². The van der Waals surface area contributed by atoms with Gasteiger partial charge in [0.2, 0.25) is 0 Å². The number of H-pyrrole nitrogens is 1. The first kappa shape index (κ1) is 18.0. The van der Waals surface area contributed by atoms with Gasteiger partial charge in [-0.1, -0.05) is 48.5 Å². The lowest BCUT2D eigenvalue weighted by Gasteiger charge is -2.16. The molecule has 0 saturated heterocycles. The average molecular weight is 371 g/mol. The third kappa shape index (κ3) is 4.43. The van der Waals surface area contributed by atoms with Gasteiger partial charge in [0.1, 0.15) is 6.61 Å². The fourth-order valence-electron chi connectivity index (χ4n) is 2.77. The van der Waals surface area contributed by atoms with Gasteiger partial charge in [0.25, 0.3) is 0 Å². The number of alkyl carbamates (subject to hydrolysis) is 1. The Morgan fingerprint density at radius 2 is 1.81 bits per heavy atom. The number of rotatable bonds is 7. The molecular formula is C20H19ClN2O3. The predicted molar refractivity (Wildman–Crippen MR) is 101 cm³/mol. The van der Waals surface area contributed by atoms with Crippen molar-refractivity contribution in [3.8, 4) is 0 Å². The third-order valence-corrected chi connectivity index (χ3v) is 4.39. The minimum atomic E-state index is -0.741. The van der Waals surface area contributed by atoms with Gasteiger partial charge in [-0.05, 0) is 17.2 Å². The van der Waals surface area contributed by atoms with Gasteiger partial charge in [-0.3, -0.25) is 4.79 Å². The molecule has 0 fully saturated rings. The molecule has 0 radical (unpaired) electrons. The minimum absolute atomic E-state index is 0.140. The Bertz CT molecular complexity index is 892. The standard InChI is InChI=1S/C20H19ClN2O3/c21-11-19(24)18(10-15-12-22-17-9-5-4-8-16(15)17)23-20(25)26-13-14-6-2-1-3-7-14/h1-9,12,18,22H,10-11,13H2,(H,23,25)/t18-/m0/s1. The summed E-state index contributed by atoms with van der Waals surface area (Å²) < 4.78 is 5.21. The highest BCUT2D eigenvalue weighted by Gasteiger charge is 2.22. The highest BCUT2D eigenvalue weighted by atomic mass is 35.5. The van der Waals surface area contributed by atoms with E-state index in [-0.39, 0.29) is 18.3 Å². The Balaban J connectivity index is 1.66. The fraction of sp³-hybridized carbons (Fsp3) is 0.200. The van der Waals surface area contributed by atoms with Crippen molar-refractivity contribution < 1.29 is 14.3 Å². The molecule has 0 unspecified atom stereocenters. The van der Waals surface area contributed by atoms with E-state index in [2.05, 4.69) is 10.3 Å². The summed E-state index contributed by atoms with van der Waals surface area (Å²) in [5.41, 5.74) is 2.79. The zero-order valence-electron chi connectivity index (χ0n) is 14.1. The van der Waals surface area contributed by atoms with Crippen LogP contribution in [0.1, 0.15) is 11.1 Å². The molecule has 3 rings (SSSR count). The van der Waals surface area contributed by atoms with E-state index in [4.69, 9.17) is 16.3 Å². The first-order chi connectivity index (χ1) is 12.7. The Morgan fingerprint density at radius 3 is 2.58 bits per heavy atom. The maximum atomic E-state index is 12.2. The average Bonchev–Trinajstić information content (AvgIpc) is 3.09. The number of fused-ring (bicyclic) bond motifs is 1. The Kier molecular flexibility index (Phi) is 5.92. The van der Waals surface area contributed by atoms with Crippen molar-refractivity contribution in [2.45, 2.75) is 19.1 Å². The molecule has 1 atom stereocenters. The summed E-state index contributed by atoms with van der Waals surface area (Å²) >= 11 is 5.71. The lowest BCUT2D eigenvalue weighted by molar-refractivity contribution is -0.118. The second-order valence-corrected chi connectivity index (χ2v) is 6.19. The molecule has 26 heavy (non-hydrogen) atoms. The molecule has 0 aliphatic rings. The molecule has 6 heteroatoms. The number of benzene rings is 2. The number of alkyl halides is 1. The monoisotopic (exact) mass is 370 g/mol. The molecule has 1 aromatic heterocycles. The van der Waals surface area contributed by atoms with Gasteiger partial charge in [0.15, 0.2) is 5.78 Å². The number of aromatic nitrogens is 1. The number of carbonyl (C=O) groups excluding carboxylic acids is 2. The zero-order valence-corrected chi connectivity index (χ0v) is 14.8. The number of Topliss-reactive ketones (excluding diaryl/α,β-unsaturated/α-hetero) is 1. The van der Waals surface area contributed by atoms with Crippen molar-refractivity contribution in [1.82, 2.24) is 10.3 Å². The molecule has 0 aliphatic heterocycles. The van der Waals surface area contributed by atoms with E-state index in [1.807, 2.05) is 60.8 Å². The van der Waals surface area contributed by atoms with E-state index in [1.165, 1.54) is 0 Å². The normalized spacial score (nSPS) is 11.9. The summed E-state index contributed by atoms with van der Waals surface area (Å²) in [6, 6.07) is 16.4. The summed E-state index contributed by atoms with van der Waals surface area (Å²) in [7, 11) is 0. The summed E-state index contributed by atoms with van der Waals surface area (Å²) in [6.07, 6.45) is 1.55. The van der Waals surface area contributed by atoms with Crippen molar-refractivity contribution in [2.24, 2.45) is 0 Å². The number of hydrogen-bond donors (Lipinski definition) is 2. The van der Waals surface area contributed by atoms with E-state index in [0.717, 1.165) is 22.0 Å². The molecular weight excluding hydrogens is 352 g/mol. The molecule has 3 aromatic rings. The lowest BCUT2D eigenvalue weighted by atomic mass is 10.0. The molecule has 1 amide bonds. The van der Waals surface area contributed by atoms with E-state index < -0.39 is 12.1 Å². The van der Waals surface area contributed by atoms with E-state index in [1.54, 1.807) is 0 Å². The Hall–Kier alpha value is -2.79. The minimum Gasteiger partial charge on any atom is -0.445 e. The van der Waals surface area contributed by atoms with Crippen molar-refractivity contribution in [1.29, 1.82) is 0 Å². The molecule has 0 aliphatic carbocycles. The van der Waals surface area contributed by atoms with Crippen LogP contribution in [-0.2, 0) is 22.6 Å². The number of ether oxygens (including phenoxy) is 1. The van der Waals surface area contributed by atoms with Crippen molar-refractivity contribution in [3.05, 3.63) is 71.9 Å². The summed E-state index contributed by atoms with van der Waals surface area (Å²) in [4.78, 5) is 27.4. The number of hydrogen-bond acceptors (Lipinski definition) is 3. The van der Waals surface area contributed by atoms with Crippen LogP contribution in [0.2, 0.25) is 0 Å². The zero-order chi connectivity index (χ0) is 18.4. The van der Waals surface area contributed by atoms with Gasteiger partial charge in [-0.25, -0.2) is 4.79 Å². The highest BCUT2D eigenvalue weighted by molar-refractivity contribution is 6.28. The third-order valence-electron chi connectivity index (χ3n) is 4.12. The highest BCUT2D eigenvalue weighted by Crippen LogP contribution is 2.19. The lowest BCUT2D eigenvalue weighted by Crippen LogP contribution is -2.43. The van der Waals surface area contributed by atoms with Gasteiger partial charge in [-0.2, -0.15) is 0 Å². The molecule has 5 nitrogen and oxygen atoms in total. The van der Waals surface area contributed by atoms with Crippen LogP contribution in [0.5, 0.6) is 0 Å². The molecule has 0 bridgehead atoms. The molecule has 1 heterocycles. The van der Waals surface area contributed by atoms with Gasteiger partial charge < -0.3 is 15.0 Å². The van der Waals surface area contributed by atoms with Gasteiger partial charge >= 0.3 is 6.09 Å². The van der Waals surface area contributed by atoms with Crippen LogP contribution in [0.3, 0.4) is 0 Å². The van der Waals surface area contributed by atoms with Crippen LogP contribution in [0.4, 0.5) is 4.79 Å². The van der Waals surface area contributed by atoms with Gasteiger partial charge in [0, 0.05) is 23.5 Å². The first-order valence-corrected chi connectivity index (χ1v) is 8.81. The molecule has 2 N–H and O–H groups in total. The number of aromatic amines is 1. The number of para-hydroxylation sites is 1. The molecule has 134 valence electrons. The SMILES string of the molecule is O=C(N[C@@H](Cc1c[nH]c2ccccc12)C(=O)CCl)OCc1ccccc1. The van der Waals surface area contributed by atoms with E-state index in [0.29, 0.717) is 6.42 Å². The van der Waals surface area contributed by atoms with Crippen LogP contribution in [0.25, 0.3) is 10.9 Å². The molecule has 0 saturated carbocycles. The topological polar surface area (TPSA) is 71.2 Å². The first-order valence-electron chi connectivity index (χ1n) is 8.28. The van der Waals surface area contributed by atoms with E-state index >= 15 is 0 Å². The number of amides is 1. The Morgan fingerprint density at radius 1 is 1.08 bits per heavy atom. The second kappa shape index (κ2) is 8.54. The van der Waals surface area contributed by atoms with Crippen LogP contribution in [-0.4, -0.2) is 28.8 Å². The van der Waals surface area contributed by atoms with Crippen LogP contribution < -0.4 is 5.32 Å². The van der Waals surface area contributed by atoms with Gasteiger partial charge in [-0.15, -0.1) is 11.6 Å². The van der Waals surface area contributed by atoms with Crippen molar-refractivity contribution in [3.63, 3.8) is 0 Å². The van der Waals surface area contributed by atoms with Crippen molar-refractivity contribution >= 4 is 34.4 Å². The van der Waals surface area contributed by atoms with Crippen molar-refractivity contribution in [2.75, 3.05) is 5.88 Å². The maximum absolute atomic E-state index is 12.2. The number of nitrogens with one attached hydrogen (secondary N) is 2. The quantitative estimate of drug-likeness (QED) is 0.621. The molecule has 2 aromatic carbocycles. The number of halogens is 1. The summed E-state index contributed by atoms with van der Waals surface area (Å²) in [6.45, 7) is 0.140. The second-order valence-electron chi connectivity index (χ2n) is 5.92. The maximum Gasteiger partial charge on any atom is 0.408 e. The van der Waals surface area contributed by atoms with Crippen LogP contribution in [0.15, 0.2) is 60.8 Å². The number of ketones is 1.